The fraction of sp³-hybridized carbons (Fsp3) is 0.571. The van der Waals surface area contributed by atoms with Crippen LogP contribution in [-0.4, -0.2) is 14.5 Å². The van der Waals surface area contributed by atoms with Gasteiger partial charge in [0.15, 0.2) is 0 Å². The van der Waals surface area contributed by atoms with Gasteiger partial charge in [0, 0.05) is 11.7 Å². The summed E-state index contributed by atoms with van der Waals surface area (Å²) in [6.45, 7) is 7.91. The first-order valence-electron chi connectivity index (χ1n) is 6.61. The van der Waals surface area contributed by atoms with E-state index in [9.17, 15) is 8.42 Å². The molecule has 0 aliphatic rings. The maximum Gasteiger partial charge on any atom is 0.241 e. The second-order valence-corrected chi connectivity index (χ2v) is 7.20. The second-order valence-electron chi connectivity index (χ2n) is 5.52. The van der Waals surface area contributed by atoms with Gasteiger partial charge in [-0.1, -0.05) is 13.8 Å². The summed E-state index contributed by atoms with van der Waals surface area (Å²) in [7, 11) is -3.46. The lowest BCUT2D eigenvalue weighted by molar-refractivity contribution is 0.485. The van der Waals surface area contributed by atoms with E-state index in [-0.39, 0.29) is 6.04 Å². The molecule has 4 nitrogen and oxygen atoms in total. The lowest BCUT2D eigenvalue weighted by Gasteiger charge is -2.16. The van der Waals surface area contributed by atoms with Crippen LogP contribution in [0.1, 0.15) is 39.2 Å². The van der Waals surface area contributed by atoms with E-state index in [0.717, 1.165) is 12.8 Å². The van der Waals surface area contributed by atoms with Gasteiger partial charge in [-0.15, -0.1) is 0 Å². The third kappa shape index (κ3) is 4.84. The Kier molecular flexibility index (Phi) is 5.38. The van der Waals surface area contributed by atoms with E-state index in [0.29, 0.717) is 22.1 Å². The van der Waals surface area contributed by atoms with Crippen molar-refractivity contribution in [3.8, 4) is 0 Å². The fourth-order valence-electron chi connectivity index (χ4n) is 1.94. The molecule has 108 valence electrons. The van der Waals surface area contributed by atoms with Crippen LogP contribution in [-0.2, 0) is 10.0 Å². The van der Waals surface area contributed by atoms with Gasteiger partial charge in [-0.3, -0.25) is 0 Å². The van der Waals surface area contributed by atoms with Gasteiger partial charge in [0.1, 0.15) is 0 Å². The molecule has 0 aromatic heterocycles. The van der Waals surface area contributed by atoms with Gasteiger partial charge in [0.05, 0.1) is 4.90 Å². The van der Waals surface area contributed by atoms with Gasteiger partial charge in [0.25, 0.3) is 0 Å². The van der Waals surface area contributed by atoms with Crippen LogP contribution in [0.3, 0.4) is 0 Å². The molecule has 1 atom stereocenters. The Hall–Kier alpha value is -1.07. The van der Waals surface area contributed by atoms with Crippen LogP contribution >= 0.6 is 0 Å². The molecule has 1 aromatic rings. The van der Waals surface area contributed by atoms with E-state index >= 15 is 0 Å². The van der Waals surface area contributed by atoms with Crippen LogP contribution in [0.2, 0.25) is 0 Å². The molecule has 0 saturated heterocycles. The quantitative estimate of drug-likeness (QED) is 0.789. The molecule has 5 heteroatoms. The number of nitrogens with one attached hydrogen (secondary N) is 1. The van der Waals surface area contributed by atoms with Crippen LogP contribution in [0, 0.1) is 12.8 Å². The largest absolute Gasteiger partial charge is 0.399 e. The molecule has 1 aromatic carbocycles. The Morgan fingerprint density at radius 1 is 1.21 bits per heavy atom. The summed E-state index contributed by atoms with van der Waals surface area (Å²) in [5.41, 5.74) is 6.88. The minimum atomic E-state index is -3.46. The highest BCUT2D eigenvalue weighted by molar-refractivity contribution is 7.89. The Balaban J connectivity index is 2.81. The van der Waals surface area contributed by atoms with Gasteiger partial charge in [-0.05, 0) is 56.4 Å². The molecule has 1 unspecified atom stereocenters. The van der Waals surface area contributed by atoms with E-state index in [1.807, 2.05) is 6.92 Å². The first-order chi connectivity index (χ1) is 8.72. The average molecular weight is 284 g/mol. The zero-order valence-electron chi connectivity index (χ0n) is 12.1. The zero-order chi connectivity index (χ0) is 14.6. The van der Waals surface area contributed by atoms with Crippen molar-refractivity contribution in [1.29, 1.82) is 0 Å². The highest BCUT2D eigenvalue weighted by Crippen LogP contribution is 2.18. The first-order valence-corrected chi connectivity index (χ1v) is 8.09. The summed E-state index contributed by atoms with van der Waals surface area (Å²) in [4.78, 5) is 0.304. The Morgan fingerprint density at radius 2 is 1.84 bits per heavy atom. The number of rotatable bonds is 6. The van der Waals surface area contributed by atoms with Crippen molar-refractivity contribution < 1.29 is 8.42 Å². The molecule has 0 spiro atoms. The van der Waals surface area contributed by atoms with Crippen LogP contribution in [0.25, 0.3) is 0 Å². The van der Waals surface area contributed by atoms with Crippen LogP contribution in [0.4, 0.5) is 5.69 Å². The summed E-state index contributed by atoms with van der Waals surface area (Å²) >= 11 is 0. The molecule has 0 bridgehead atoms. The minimum Gasteiger partial charge on any atom is -0.399 e. The Bertz CT molecular complexity index is 524. The summed E-state index contributed by atoms with van der Waals surface area (Å²) in [5, 5.41) is 0. The van der Waals surface area contributed by atoms with Gasteiger partial charge >= 0.3 is 0 Å². The van der Waals surface area contributed by atoms with Crippen molar-refractivity contribution in [3.63, 3.8) is 0 Å². The second kappa shape index (κ2) is 6.39. The predicted molar refractivity (Wildman–Crippen MR) is 79.4 cm³/mol. The number of aryl methyl sites for hydroxylation is 1. The SMILES string of the molecule is Cc1cc(N)ccc1S(=O)(=O)NC(C)CCC(C)C. The Morgan fingerprint density at radius 3 is 2.37 bits per heavy atom. The monoisotopic (exact) mass is 284 g/mol. The van der Waals surface area contributed by atoms with Gasteiger partial charge < -0.3 is 5.73 Å². The highest BCUT2D eigenvalue weighted by Gasteiger charge is 2.19. The van der Waals surface area contributed by atoms with E-state index < -0.39 is 10.0 Å². The standard InChI is InChI=1S/C14H24N2O2S/c1-10(2)5-6-12(4)16-19(17,18)14-8-7-13(15)9-11(14)3/h7-10,12,16H,5-6,15H2,1-4H3. The summed E-state index contributed by atoms with van der Waals surface area (Å²) < 4.78 is 27.3. The Labute approximate surface area is 116 Å². The molecule has 3 N–H and O–H groups in total. The fourth-order valence-corrected chi connectivity index (χ4v) is 3.45. The normalized spacial score (nSPS) is 13.7. The maximum absolute atomic E-state index is 12.3. The van der Waals surface area contributed by atoms with Crippen LogP contribution in [0.15, 0.2) is 23.1 Å². The topological polar surface area (TPSA) is 72.2 Å². The number of benzene rings is 1. The maximum atomic E-state index is 12.3. The first kappa shape index (κ1) is 16.0. The predicted octanol–water partition coefficient (Wildman–Crippen LogP) is 2.68. The molecule has 0 saturated carbocycles. The molecule has 0 aliphatic heterocycles. The lowest BCUT2D eigenvalue weighted by Crippen LogP contribution is -2.33. The van der Waals surface area contributed by atoms with E-state index in [2.05, 4.69) is 18.6 Å². The molecular formula is C14H24N2O2S. The highest BCUT2D eigenvalue weighted by atomic mass is 32.2. The number of hydrogen-bond acceptors (Lipinski definition) is 3. The van der Waals surface area contributed by atoms with Crippen LogP contribution in [0.5, 0.6) is 0 Å². The third-order valence-corrected chi connectivity index (χ3v) is 4.77. The van der Waals surface area contributed by atoms with Gasteiger partial charge in [0.2, 0.25) is 10.0 Å². The number of nitrogens with two attached hydrogens (primary N) is 1. The number of sulfonamides is 1. The molecule has 0 fully saturated rings. The smallest absolute Gasteiger partial charge is 0.241 e. The van der Waals surface area contributed by atoms with E-state index in [1.165, 1.54) is 0 Å². The molecule has 1 rings (SSSR count). The van der Waals surface area contributed by atoms with Crippen molar-refractivity contribution in [2.75, 3.05) is 5.73 Å². The lowest BCUT2D eigenvalue weighted by atomic mass is 10.1. The van der Waals surface area contributed by atoms with Crippen molar-refractivity contribution in [3.05, 3.63) is 23.8 Å². The zero-order valence-corrected chi connectivity index (χ0v) is 12.9. The third-order valence-electron chi connectivity index (χ3n) is 3.02. The number of nitrogen functional groups attached to an aromatic ring is 1. The molecule has 19 heavy (non-hydrogen) atoms. The van der Waals surface area contributed by atoms with Crippen LogP contribution < -0.4 is 10.5 Å². The van der Waals surface area contributed by atoms with E-state index in [4.69, 9.17) is 5.73 Å². The van der Waals surface area contributed by atoms with Crippen molar-refractivity contribution in [1.82, 2.24) is 4.72 Å². The molecule has 0 heterocycles. The average Bonchev–Trinajstić information content (AvgIpc) is 2.25. The molecule has 0 amide bonds. The number of anilines is 1. The molecular weight excluding hydrogens is 260 g/mol. The summed E-state index contributed by atoms with van der Waals surface area (Å²) in [5.74, 6) is 0.574. The molecule has 0 radical (unpaired) electrons. The van der Waals surface area contributed by atoms with E-state index in [1.54, 1.807) is 25.1 Å². The van der Waals surface area contributed by atoms with Crippen molar-refractivity contribution >= 4 is 15.7 Å². The van der Waals surface area contributed by atoms with Crippen molar-refractivity contribution in [2.45, 2.75) is 51.5 Å². The van der Waals surface area contributed by atoms with Gasteiger partial charge in [-0.2, -0.15) is 0 Å². The summed E-state index contributed by atoms with van der Waals surface area (Å²) in [6.07, 6.45) is 1.84. The van der Waals surface area contributed by atoms with Gasteiger partial charge in [-0.25, -0.2) is 13.1 Å². The van der Waals surface area contributed by atoms with Crippen molar-refractivity contribution in [2.24, 2.45) is 5.92 Å². The summed E-state index contributed by atoms with van der Waals surface area (Å²) in [6, 6.07) is 4.78. The minimum absolute atomic E-state index is 0.0654. The number of hydrogen-bond donors (Lipinski definition) is 2. The molecule has 0 aliphatic carbocycles.